The van der Waals surface area contributed by atoms with Crippen LogP contribution in [0.25, 0.3) is 11.1 Å². The van der Waals surface area contributed by atoms with Crippen LogP contribution in [0.3, 0.4) is 0 Å². The van der Waals surface area contributed by atoms with Gasteiger partial charge in [-0.15, -0.1) is 0 Å². The zero-order chi connectivity index (χ0) is 16.6. The summed E-state index contributed by atoms with van der Waals surface area (Å²) in [5.74, 6) is -1.04. The Balaban J connectivity index is 1.89. The number of benzene rings is 2. The van der Waals surface area contributed by atoms with Crippen LogP contribution in [0.4, 0.5) is 5.69 Å². The number of rotatable bonds is 3. The number of hydrogen-bond acceptors (Lipinski definition) is 5. The van der Waals surface area contributed by atoms with E-state index in [1.807, 2.05) is 0 Å². The largest absolute Gasteiger partial charge is 0.417 e. The van der Waals surface area contributed by atoms with Crippen molar-refractivity contribution in [1.29, 1.82) is 0 Å². The molecule has 0 aliphatic heterocycles. The fraction of sp³-hybridized carbons (Fsp3) is 0.0667. The summed E-state index contributed by atoms with van der Waals surface area (Å²) in [5.41, 5.74) is 1.50. The molecule has 0 atom stereocenters. The van der Waals surface area contributed by atoms with Gasteiger partial charge in [0, 0.05) is 17.5 Å². The number of carbonyl (C=O) groups is 1. The van der Waals surface area contributed by atoms with Crippen LogP contribution < -0.4 is 11.1 Å². The van der Waals surface area contributed by atoms with Crippen LogP contribution in [0, 0.1) is 0 Å². The minimum atomic E-state index is -3.39. The molecule has 0 spiro atoms. The number of aromatic amines is 1. The van der Waals surface area contributed by atoms with Crippen molar-refractivity contribution in [3.05, 3.63) is 58.6 Å². The molecule has 3 aromatic rings. The fourth-order valence-corrected chi connectivity index (χ4v) is 2.77. The van der Waals surface area contributed by atoms with E-state index in [0.717, 1.165) is 6.26 Å². The Morgan fingerprint density at radius 3 is 2.70 bits per heavy atom. The first kappa shape index (κ1) is 15.0. The zero-order valence-electron chi connectivity index (χ0n) is 12.0. The van der Waals surface area contributed by atoms with Crippen LogP contribution in [-0.2, 0) is 9.84 Å². The standard InChI is InChI=1S/C15H12N2O5S/c1-23(20,21)11-4-2-3-9(7-11)14(18)16-10-5-6-13-12(8-10)17-15(19)22-13/h2-8H,1H3,(H,16,18)(H,17,19). The van der Waals surface area contributed by atoms with Crippen molar-refractivity contribution in [3.8, 4) is 0 Å². The molecular formula is C15H12N2O5S. The quantitative estimate of drug-likeness (QED) is 0.760. The van der Waals surface area contributed by atoms with Gasteiger partial charge in [0.2, 0.25) is 0 Å². The van der Waals surface area contributed by atoms with Gasteiger partial charge in [0.15, 0.2) is 15.4 Å². The molecule has 0 aliphatic rings. The van der Waals surface area contributed by atoms with E-state index in [1.54, 1.807) is 18.2 Å². The number of nitrogens with one attached hydrogen (secondary N) is 2. The Morgan fingerprint density at radius 1 is 1.17 bits per heavy atom. The van der Waals surface area contributed by atoms with Crippen molar-refractivity contribution in [1.82, 2.24) is 4.98 Å². The third-order valence-electron chi connectivity index (χ3n) is 3.20. The average molecular weight is 332 g/mol. The van der Waals surface area contributed by atoms with E-state index in [-0.39, 0.29) is 10.5 Å². The molecule has 0 radical (unpaired) electrons. The molecule has 1 heterocycles. The molecule has 0 aliphatic carbocycles. The highest BCUT2D eigenvalue weighted by Gasteiger charge is 2.12. The highest BCUT2D eigenvalue weighted by atomic mass is 32.2. The number of fused-ring (bicyclic) bond motifs is 1. The van der Waals surface area contributed by atoms with E-state index in [1.165, 1.54) is 24.3 Å². The molecule has 7 nitrogen and oxygen atoms in total. The summed E-state index contributed by atoms with van der Waals surface area (Å²) in [5, 5.41) is 2.64. The van der Waals surface area contributed by atoms with Crippen LogP contribution in [0.5, 0.6) is 0 Å². The van der Waals surface area contributed by atoms with Crippen molar-refractivity contribution in [3.63, 3.8) is 0 Å². The molecule has 0 saturated heterocycles. The van der Waals surface area contributed by atoms with Crippen LogP contribution in [-0.4, -0.2) is 25.6 Å². The molecule has 0 fully saturated rings. The third-order valence-corrected chi connectivity index (χ3v) is 4.31. The second-order valence-electron chi connectivity index (χ2n) is 4.98. The summed E-state index contributed by atoms with van der Waals surface area (Å²) in [7, 11) is -3.39. The molecule has 0 unspecified atom stereocenters. The van der Waals surface area contributed by atoms with Gasteiger partial charge >= 0.3 is 5.76 Å². The molecule has 2 N–H and O–H groups in total. The van der Waals surface area contributed by atoms with Crippen molar-refractivity contribution >= 4 is 32.5 Å². The molecule has 2 aromatic carbocycles. The van der Waals surface area contributed by atoms with Crippen molar-refractivity contribution in [2.45, 2.75) is 4.90 Å². The van der Waals surface area contributed by atoms with Crippen LogP contribution in [0.2, 0.25) is 0 Å². The average Bonchev–Trinajstić information content (AvgIpc) is 2.86. The lowest BCUT2D eigenvalue weighted by Crippen LogP contribution is -2.12. The lowest BCUT2D eigenvalue weighted by molar-refractivity contribution is 0.102. The van der Waals surface area contributed by atoms with Gasteiger partial charge in [-0.2, -0.15) is 0 Å². The van der Waals surface area contributed by atoms with Crippen molar-refractivity contribution < 1.29 is 17.6 Å². The molecule has 23 heavy (non-hydrogen) atoms. The monoisotopic (exact) mass is 332 g/mol. The second-order valence-corrected chi connectivity index (χ2v) is 7.00. The molecule has 1 amide bonds. The van der Waals surface area contributed by atoms with Gasteiger partial charge in [-0.1, -0.05) is 6.07 Å². The van der Waals surface area contributed by atoms with E-state index < -0.39 is 21.5 Å². The Labute approximate surface area is 130 Å². The van der Waals surface area contributed by atoms with Gasteiger partial charge in [-0.3, -0.25) is 9.78 Å². The van der Waals surface area contributed by atoms with Gasteiger partial charge < -0.3 is 9.73 Å². The normalized spacial score (nSPS) is 11.5. The Bertz CT molecular complexity index is 1060. The summed E-state index contributed by atoms with van der Waals surface area (Å²) >= 11 is 0. The molecule has 118 valence electrons. The van der Waals surface area contributed by atoms with Crippen LogP contribution in [0.1, 0.15) is 10.4 Å². The van der Waals surface area contributed by atoms with Gasteiger partial charge in [0.1, 0.15) is 0 Å². The third kappa shape index (κ3) is 3.16. The molecule has 3 rings (SSSR count). The first-order valence-corrected chi connectivity index (χ1v) is 8.46. The molecule has 0 saturated carbocycles. The van der Waals surface area contributed by atoms with Gasteiger partial charge in [0.05, 0.1) is 10.4 Å². The van der Waals surface area contributed by atoms with Crippen LogP contribution >= 0.6 is 0 Å². The fourth-order valence-electron chi connectivity index (χ4n) is 2.10. The number of sulfone groups is 1. The molecule has 8 heteroatoms. The Hall–Kier alpha value is -2.87. The number of carbonyl (C=O) groups excluding carboxylic acids is 1. The van der Waals surface area contributed by atoms with Gasteiger partial charge in [0.25, 0.3) is 5.91 Å². The summed E-state index contributed by atoms with van der Waals surface area (Å²) in [6.07, 6.45) is 1.08. The number of anilines is 1. The molecule has 0 bridgehead atoms. The highest BCUT2D eigenvalue weighted by molar-refractivity contribution is 7.90. The minimum Gasteiger partial charge on any atom is -0.408 e. The number of H-pyrrole nitrogens is 1. The second kappa shape index (κ2) is 5.40. The Kier molecular flexibility index (Phi) is 3.53. The maximum Gasteiger partial charge on any atom is 0.417 e. The number of oxazole rings is 1. The maximum atomic E-state index is 12.2. The van der Waals surface area contributed by atoms with Crippen molar-refractivity contribution in [2.24, 2.45) is 0 Å². The lowest BCUT2D eigenvalue weighted by Gasteiger charge is -2.06. The summed E-state index contributed by atoms with van der Waals surface area (Å²) < 4.78 is 28.0. The van der Waals surface area contributed by atoms with Crippen LogP contribution in [0.15, 0.2) is 56.6 Å². The van der Waals surface area contributed by atoms with E-state index >= 15 is 0 Å². The number of hydrogen-bond donors (Lipinski definition) is 2. The first-order chi connectivity index (χ1) is 10.8. The number of amides is 1. The zero-order valence-corrected chi connectivity index (χ0v) is 12.8. The summed E-state index contributed by atoms with van der Waals surface area (Å²) in [6.45, 7) is 0. The summed E-state index contributed by atoms with van der Waals surface area (Å²) in [6, 6.07) is 10.4. The molecular weight excluding hydrogens is 320 g/mol. The lowest BCUT2D eigenvalue weighted by atomic mass is 10.2. The predicted molar refractivity (Wildman–Crippen MR) is 84.3 cm³/mol. The van der Waals surface area contributed by atoms with E-state index in [4.69, 9.17) is 4.42 Å². The minimum absolute atomic E-state index is 0.0692. The first-order valence-electron chi connectivity index (χ1n) is 6.57. The smallest absolute Gasteiger partial charge is 0.408 e. The SMILES string of the molecule is CS(=O)(=O)c1cccc(C(=O)Nc2ccc3oc(=O)[nH]c3c2)c1. The highest BCUT2D eigenvalue weighted by Crippen LogP contribution is 2.18. The van der Waals surface area contributed by atoms with E-state index in [9.17, 15) is 18.0 Å². The van der Waals surface area contributed by atoms with E-state index in [2.05, 4.69) is 10.3 Å². The van der Waals surface area contributed by atoms with Gasteiger partial charge in [-0.05, 0) is 36.4 Å². The van der Waals surface area contributed by atoms with Crippen molar-refractivity contribution in [2.75, 3.05) is 11.6 Å². The maximum absolute atomic E-state index is 12.2. The summed E-state index contributed by atoms with van der Waals surface area (Å²) in [4.78, 5) is 25.9. The van der Waals surface area contributed by atoms with E-state index in [0.29, 0.717) is 16.8 Å². The topological polar surface area (TPSA) is 109 Å². The van der Waals surface area contributed by atoms with Gasteiger partial charge in [-0.25, -0.2) is 13.2 Å². The predicted octanol–water partition coefficient (Wildman–Crippen LogP) is 1.78. The Morgan fingerprint density at radius 2 is 1.96 bits per heavy atom. The molecule has 1 aromatic heterocycles. The number of aromatic nitrogens is 1.